The summed E-state index contributed by atoms with van der Waals surface area (Å²) in [6.45, 7) is 2.07. The van der Waals surface area contributed by atoms with Gasteiger partial charge in [0.05, 0.1) is 6.10 Å². The van der Waals surface area contributed by atoms with E-state index in [1.165, 1.54) is 0 Å². The van der Waals surface area contributed by atoms with Crippen molar-refractivity contribution in [3.63, 3.8) is 0 Å². The first-order chi connectivity index (χ1) is 4.16. The Hall–Kier alpha value is -0.770. The van der Waals surface area contributed by atoms with Gasteiger partial charge in [-0.3, -0.25) is 0 Å². The molecule has 0 heterocycles. The fourth-order valence-corrected chi connectivity index (χ4v) is 0.363. The summed E-state index contributed by atoms with van der Waals surface area (Å²) in [6, 6.07) is -0.595. The van der Waals surface area contributed by atoms with Gasteiger partial charge in [-0.2, -0.15) is 0 Å². The van der Waals surface area contributed by atoms with Gasteiger partial charge in [0.1, 0.15) is 0 Å². The van der Waals surface area contributed by atoms with Crippen molar-refractivity contribution in [1.29, 1.82) is 0 Å². The molecule has 0 aromatic heterocycles. The molecule has 0 aliphatic carbocycles. The van der Waals surface area contributed by atoms with Crippen molar-refractivity contribution in [2.45, 2.75) is 19.4 Å². The van der Waals surface area contributed by atoms with Gasteiger partial charge in [-0.25, -0.2) is 4.79 Å². The first kappa shape index (κ1) is 8.23. The summed E-state index contributed by atoms with van der Waals surface area (Å²) in [5.41, 5.74) is 4.73. The second-order valence-electron chi connectivity index (χ2n) is 1.81. The lowest BCUT2D eigenvalue weighted by atomic mass is 10.3. The average Bonchev–Trinajstić information content (AvgIpc) is 1.83. The largest absolute Gasteiger partial charge is 0.391 e. The molecule has 9 heavy (non-hydrogen) atoms. The third kappa shape index (κ3) is 5.10. The first-order valence-electron chi connectivity index (χ1n) is 2.88. The number of amides is 2. The number of hydrogen-bond donors (Lipinski definition) is 3. The minimum atomic E-state index is -0.595. The number of nitrogens with one attached hydrogen (secondary N) is 1. The molecule has 1 unspecified atom stereocenters. The van der Waals surface area contributed by atoms with Crippen LogP contribution >= 0.6 is 0 Å². The highest BCUT2D eigenvalue weighted by atomic mass is 16.3. The number of aliphatic hydroxyl groups is 1. The summed E-state index contributed by atoms with van der Waals surface area (Å²) in [5, 5.41) is 11.1. The van der Waals surface area contributed by atoms with Gasteiger partial charge in [0.25, 0.3) is 0 Å². The van der Waals surface area contributed by atoms with E-state index in [0.717, 1.165) is 0 Å². The van der Waals surface area contributed by atoms with Crippen LogP contribution < -0.4 is 11.1 Å². The zero-order valence-electron chi connectivity index (χ0n) is 5.42. The molecule has 4 nitrogen and oxygen atoms in total. The number of hydrogen-bond acceptors (Lipinski definition) is 2. The van der Waals surface area contributed by atoms with E-state index in [1.54, 1.807) is 0 Å². The summed E-state index contributed by atoms with van der Waals surface area (Å²) in [7, 11) is 0. The molecule has 0 radical (unpaired) electrons. The van der Waals surface area contributed by atoms with E-state index in [9.17, 15) is 4.79 Å². The van der Waals surface area contributed by atoms with Crippen LogP contribution in [0.15, 0.2) is 0 Å². The first-order valence-corrected chi connectivity index (χ1v) is 2.88. The van der Waals surface area contributed by atoms with Gasteiger partial charge in [0, 0.05) is 6.54 Å². The molecular formula is C5H12N2O2. The van der Waals surface area contributed by atoms with Crippen LogP contribution in [0.3, 0.4) is 0 Å². The molecule has 0 bridgehead atoms. The number of nitrogens with two attached hydrogens (primary N) is 1. The lowest BCUT2D eigenvalue weighted by molar-refractivity contribution is 0.167. The van der Waals surface area contributed by atoms with Crippen molar-refractivity contribution >= 4 is 6.03 Å². The van der Waals surface area contributed by atoms with Crippen molar-refractivity contribution in [1.82, 2.24) is 5.32 Å². The summed E-state index contributed by atoms with van der Waals surface area (Å²) in [6.07, 6.45) is 0.151. The SMILES string of the molecule is CCC(O)CNC(N)=O. The van der Waals surface area contributed by atoms with Crippen molar-refractivity contribution in [2.75, 3.05) is 6.54 Å². The Balaban J connectivity index is 3.16. The van der Waals surface area contributed by atoms with E-state index >= 15 is 0 Å². The third-order valence-electron chi connectivity index (χ3n) is 0.983. The Bertz CT molecular complexity index is 95.0. The van der Waals surface area contributed by atoms with Crippen LogP contribution in [0, 0.1) is 0 Å². The van der Waals surface area contributed by atoms with E-state index in [-0.39, 0.29) is 6.54 Å². The maximum absolute atomic E-state index is 10.0. The van der Waals surface area contributed by atoms with Gasteiger partial charge in [0.2, 0.25) is 0 Å². The predicted molar refractivity (Wildman–Crippen MR) is 33.9 cm³/mol. The van der Waals surface area contributed by atoms with Gasteiger partial charge >= 0.3 is 6.03 Å². The van der Waals surface area contributed by atoms with Crippen molar-refractivity contribution in [2.24, 2.45) is 5.73 Å². The van der Waals surface area contributed by atoms with Crippen molar-refractivity contribution < 1.29 is 9.90 Å². The van der Waals surface area contributed by atoms with Gasteiger partial charge in [-0.05, 0) is 6.42 Å². The molecule has 0 rings (SSSR count). The standard InChI is InChI=1S/C5H12N2O2/c1-2-4(8)3-7-5(6)9/h4,8H,2-3H2,1H3,(H3,6,7,9). The second kappa shape index (κ2) is 4.14. The number of carbonyl (C=O) groups excluding carboxylic acids is 1. The van der Waals surface area contributed by atoms with Crippen LogP contribution in [0.25, 0.3) is 0 Å². The third-order valence-corrected chi connectivity index (χ3v) is 0.983. The zero-order chi connectivity index (χ0) is 7.28. The fraction of sp³-hybridized carbons (Fsp3) is 0.800. The van der Waals surface area contributed by atoms with Crippen LogP contribution in [0.1, 0.15) is 13.3 Å². The Morgan fingerprint density at radius 3 is 2.78 bits per heavy atom. The van der Waals surface area contributed by atoms with Crippen LogP contribution in [0.2, 0.25) is 0 Å². The molecule has 4 N–H and O–H groups in total. The van der Waals surface area contributed by atoms with E-state index in [4.69, 9.17) is 10.8 Å². The van der Waals surface area contributed by atoms with Gasteiger partial charge in [-0.1, -0.05) is 6.92 Å². The molecule has 0 spiro atoms. The lowest BCUT2D eigenvalue weighted by Gasteiger charge is -2.05. The second-order valence-corrected chi connectivity index (χ2v) is 1.81. The Labute approximate surface area is 54.0 Å². The molecule has 54 valence electrons. The molecular weight excluding hydrogens is 120 g/mol. The van der Waals surface area contributed by atoms with E-state index < -0.39 is 12.1 Å². The predicted octanol–water partition coefficient (Wildman–Crippen LogP) is -0.574. The number of primary amides is 1. The minimum absolute atomic E-state index is 0.242. The van der Waals surface area contributed by atoms with Gasteiger partial charge in [-0.15, -0.1) is 0 Å². The molecule has 1 atom stereocenters. The number of carbonyl (C=O) groups is 1. The molecule has 2 amide bonds. The van der Waals surface area contributed by atoms with Crippen molar-refractivity contribution in [3.8, 4) is 0 Å². The topological polar surface area (TPSA) is 75.3 Å². The average molecular weight is 132 g/mol. The molecule has 0 aromatic rings. The summed E-state index contributed by atoms with van der Waals surface area (Å²) >= 11 is 0. The number of rotatable bonds is 3. The summed E-state index contributed by atoms with van der Waals surface area (Å²) in [4.78, 5) is 10.0. The zero-order valence-corrected chi connectivity index (χ0v) is 5.42. The molecule has 0 aliphatic heterocycles. The summed E-state index contributed by atoms with van der Waals surface area (Å²) < 4.78 is 0. The monoisotopic (exact) mass is 132 g/mol. The van der Waals surface area contributed by atoms with Crippen LogP contribution in [-0.2, 0) is 0 Å². The van der Waals surface area contributed by atoms with E-state index in [0.29, 0.717) is 6.42 Å². The Morgan fingerprint density at radius 1 is 1.89 bits per heavy atom. The molecule has 0 saturated carbocycles. The quantitative estimate of drug-likeness (QED) is 0.480. The van der Waals surface area contributed by atoms with Crippen LogP contribution in [0.5, 0.6) is 0 Å². The van der Waals surface area contributed by atoms with E-state index in [2.05, 4.69) is 5.32 Å². The number of aliphatic hydroxyl groups excluding tert-OH is 1. The smallest absolute Gasteiger partial charge is 0.312 e. The van der Waals surface area contributed by atoms with Crippen LogP contribution in [0.4, 0.5) is 4.79 Å². The summed E-state index contributed by atoms with van der Waals surface area (Å²) in [5.74, 6) is 0. The molecule has 0 saturated heterocycles. The minimum Gasteiger partial charge on any atom is -0.391 e. The van der Waals surface area contributed by atoms with Crippen LogP contribution in [-0.4, -0.2) is 23.8 Å². The van der Waals surface area contributed by atoms with Crippen molar-refractivity contribution in [3.05, 3.63) is 0 Å². The number of urea groups is 1. The Morgan fingerprint density at radius 2 is 2.44 bits per heavy atom. The highest BCUT2D eigenvalue weighted by Crippen LogP contribution is 1.84. The molecule has 0 aromatic carbocycles. The maximum Gasteiger partial charge on any atom is 0.312 e. The highest BCUT2D eigenvalue weighted by molar-refractivity contribution is 5.71. The Kier molecular flexibility index (Phi) is 3.79. The highest BCUT2D eigenvalue weighted by Gasteiger charge is 1.99. The molecule has 0 fully saturated rings. The molecule has 4 heteroatoms. The normalized spacial score (nSPS) is 12.7. The van der Waals surface area contributed by atoms with E-state index in [1.807, 2.05) is 6.92 Å². The van der Waals surface area contributed by atoms with Gasteiger partial charge in [0.15, 0.2) is 0 Å². The fourth-order valence-electron chi connectivity index (χ4n) is 0.363. The molecule has 0 aliphatic rings. The lowest BCUT2D eigenvalue weighted by Crippen LogP contribution is -2.35. The maximum atomic E-state index is 10.0. The van der Waals surface area contributed by atoms with Gasteiger partial charge < -0.3 is 16.2 Å².